The Morgan fingerprint density at radius 1 is 1.25 bits per heavy atom. The molecule has 3 rings (SSSR count). The molecule has 0 aliphatic carbocycles. The maximum absolute atomic E-state index is 13.3. The van der Waals surface area contributed by atoms with Crippen molar-refractivity contribution in [2.24, 2.45) is 0 Å². The SMILES string of the molecule is C[C@H](OC(=O)c1ccc(N2CCOCC2)c([N+](=O)[O-])c1)C(=O)N(C)Cc1cccc(F)c1. The Morgan fingerprint density at radius 2 is 1.97 bits per heavy atom. The van der Waals surface area contributed by atoms with Crippen LogP contribution >= 0.6 is 0 Å². The Morgan fingerprint density at radius 3 is 2.62 bits per heavy atom. The molecule has 1 amide bonds. The van der Waals surface area contributed by atoms with E-state index in [1.54, 1.807) is 12.1 Å². The van der Waals surface area contributed by atoms with Crippen LogP contribution in [0.25, 0.3) is 0 Å². The van der Waals surface area contributed by atoms with Gasteiger partial charge in [0.1, 0.15) is 11.5 Å². The van der Waals surface area contributed by atoms with Gasteiger partial charge >= 0.3 is 5.97 Å². The average Bonchev–Trinajstić information content (AvgIpc) is 2.78. The summed E-state index contributed by atoms with van der Waals surface area (Å²) in [6, 6.07) is 9.94. The van der Waals surface area contributed by atoms with Crippen LogP contribution in [-0.2, 0) is 20.8 Å². The highest BCUT2D eigenvalue weighted by Gasteiger charge is 2.26. The molecule has 10 heteroatoms. The number of morpholine rings is 1. The fourth-order valence-corrected chi connectivity index (χ4v) is 3.44. The number of ether oxygens (including phenoxy) is 2. The maximum Gasteiger partial charge on any atom is 0.339 e. The lowest BCUT2D eigenvalue weighted by Crippen LogP contribution is -2.37. The van der Waals surface area contributed by atoms with Gasteiger partial charge in [-0.2, -0.15) is 0 Å². The van der Waals surface area contributed by atoms with E-state index in [-0.39, 0.29) is 17.8 Å². The number of hydrogen-bond acceptors (Lipinski definition) is 7. The van der Waals surface area contributed by atoms with Crippen LogP contribution in [0.3, 0.4) is 0 Å². The minimum atomic E-state index is -1.13. The first kappa shape index (κ1) is 23.1. The molecule has 2 aromatic carbocycles. The van der Waals surface area contributed by atoms with Gasteiger partial charge in [-0.1, -0.05) is 12.1 Å². The number of rotatable bonds is 7. The van der Waals surface area contributed by atoms with E-state index in [0.29, 0.717) is 37.6 Å². The first-order chi connectivity index (χ1) is 15.3. The number of benzene rings is 2. The van der Waals surface area contributed by atoms with Crippen molar-refractivity contribution in [3.8, 4) is 0 Å². The number of nitrogens with zero attached hydrogens (tertiary/aromatic N) is 3. The van der Waals surface area contributed by atoms with Gasteiger partial charge in [0.2, 0.25) is 0 Å². The number of nitro benzene ring substituents is 1. The summed E-state index contributed by atoms with van der Waals surface area (Å²) < 4.78 is 23.9. The molecule has 0 aromatic heterocycles. The Balaban J connectivity index is 1.68. The van der Waals surface area contributed by atoms with E-state index in [1.807, 2.05) is 4.90 Å². The number of amides is 1. The smallest absolute Gasteiger partial charge is 0.339 e. The van der Waals surface area contributed by atoms with Gasteiger partial charge in [-0.15, -0.1) is 0 Å². The number of nitro groups is 1. The normalized spacial score (nSPS) is 14.5. The summed E-state index contributed by atoms with van der Waals surface area (Å²) in [6.45, 7) is 3.49. The lowest BCUT2D eigenvalue weighted by molar-refractivity contribution is -0.384. The lowest BCUT2D eigenvalue weighted by Gasteiger charge is -2.28. The zero-order valence-corrected chi connectivity index (χ0v) is 17.8. The summed E-state index contributed by atoms with van der Waals surface area (Å²) in [5.41, 5.74) is 0.743. The average molecular weight is 445 g/mol. The van der Waals surface area contributed by atoms with Crippen molar-refractivity contribution in [2.45, 2.75) is 19.6 Å². The first-order valence-electron chi connectivity index (χ1n) is 10.1. The van der Waals surface area contributed by atoms with Gasteiger partial charge in [-0.05, 0) is 36.8 Å². The molecule has 0 N–H and O–H groups in total. The van der Waals surface area contributed by atoms with E-state index in [4.69, 9.17) is 9.47 Å². The van der Waals surface area contributed by atoms with Crippen LogP contribution in [0.2, 0.25) is 0 Å². The first-order valence-corrected chi connectivity index (χ1v) is 10.1. The van der Waals surface area contributed by atoms with Crippen LogP contribution in [0.5, 0.6) is 0 Å². The van der Waals surface area contributed by atoms with Crippen molar-refractivity contribution in [3.05, 3.63) is 69.5 Å². The molecule has 32 heavy (non-hydrogen) atoms. The summed E-state index contributed by atoms with van der Waals surface area (Å²) in [5.74, 6) is -1.74. The fourth-order valence-electron chi connectivity index (χ4n) is 3.44. The maximum atomic E-state index is 13.3. The Labute approximate surface area is 184 Å². The molecule has 1 atom stereocenters. The summed E-state index contributed by atoms with van der Waals surface area (Å²) in [7, 11) is 1.51. The summed E-state index contributed by atoms with van der Waals surface area (Å²) in [6.07, 6.45) is -1.13. The summed E-state index contributed by atoms with van der Waals surface area (Å²) in [4.78, 5) is 39.3. The Bertz CT molecular complexity index is 1010. The quantitative estimate of drug-likeness (QED) is 0.367. The van der Waals surface area contributed by atoms with Gasteiger partial charge in [0.15, 0.2) is 6.10 Å². The number of halogens is 1. The topological polar surface area (TPSA) is 102 Å². The summed E-state index contributed by atoms with van der Waals surface area (Å²) in [5, 5.41) is 11.6. The largest absolute Gasteiger partial charge is 0.449 e. The number of esters is 1. The van der Waals surface area contributed by atoms with E-state index in [0.717, 1.165) is 6.07 Å². The second kappa shape index (κ2) is 10.2. The molecule has 1 fully saturated rings. The van der Waals surface area contributed by atoms with E-state index in [1.165, 1.54) is 43.1 Å². The van der Waals surface area contributed by atoms with Gasteiger partial charge in [0.25, 0.3) is 11.6 Å². The second-order valence-corrected chi connectivity index (χ2v) is 7.43. The van der Waals surface area contributed by atoms with Crippen molar-refractivity contribution in [1.82, 2.24) is 4.90 Å². The van der Waals surface area contributed by atoms with Crippen LogP contribution in [0.15, 0.2) is 42.5 Å². The minimum absolute atomic E-state index is 0.0267. The van der Waals surface area contributed by atoms with Gasteiger partial charge in [0.05, 0.1) is 23.7 Å². The van der Waals surface area contributed by atoms with Gasteiger partial charge < -0.3 is 19.3 Å². The molecule has 1 heterocycles. The van der Waals surface area contributed by atoms with E-state index < -0.39 is 28.7 Å². The van der Waals surface area contributed by atoms with Crippen LogP contribution in [0.1, 0.15) is 22.8 Å². The molecule has 1 aliphatic rings. The molecule has 170 valence electrons. The van der Waals surface area contributed by atoms with Gasteiger partial charge in [-0.25, -0.2) is 9.18 Å². The number of carbonyl (C=O) groups excluding carboxylic acids is 2. The zero-order chi connectivity index (χ0) is 23.3. The van der Waals surface area contributed by atoms with Gasteiger partial charge in [0, 0.05) is 32.7 Å². The number of carbonyl (C=O) groups is 2. The lowest BCUT2D eigenvalue weighted by atomic mass is 10.1. The van der Waals surface area contributed by atoms with Crippen LogP contribution in [0.4, 0.5) is 15.8 Å². The van der Waals surface area contributed by atoms with Gasteiger partial charge in [-0.3, -0.25) is 14.9 Å². The molecule has 1 aliphatic heterocycles. The van der Waals surface area contributed by atoms with Crippen molar-refractivity contribution < 1.29 is 28.4 Å². The van der Waals surface area contributed by atoms with Crippen molar-refractivity contribution in [2.75, 3.05) is 38.3 Å². The molecule has 0 unspecified atom stereocenters. The molecule has 2 aromatic rings. The molecular weight excluding hydrogens is 421 g/mol. The number of likely N-dealkylation sites (N-methyl/N-ethyl adjacent to an activating group) is 1. The van der Waals surface area contributed by atoms with Crippen LogP contribution in [0, 0.1) is 15.9 Å². The standard InChI is InChI=1S/C22H24FN3O6/c1-15(21(27)24(2)14-16-4-3-5-18(23)12-16)32-22(28)17-6-7-19(20(13-17)26(29)30)25-8-10-31-11-9-25/h3-7,12-13,15H,8-11,14H2,1-2H3/t15-/m0/s1. The third kappa shape index (κ3) is 5.58. The second-order valence-electron chi connectivity index (χ2n) is 7.43. The Hall–Kier alpha value is -3.53. The molecule has 9 nitrogen and oxygen atoms in total. The molecular formula is C22H24FN3O6. The van der Waals surface area contributed by atoms with E-state index in [2.05, 4.69) is 0 Å². The third-order valence-corrected chi connectivity index (χ3v) is 5.08. The van der Waals surface area contributed by atoms with Crippen molar-refractivity contribution >= 4 is 23.3 Å². The number of hydrogen-bond donors (Lipinski definition) is 0. The predicted molar refractivity (Wildman–Crippen MR) is 114 cm³/mol. The highest BCUT2D eigenvalue weighted by molar-refractivity contribution is 5.93. The number of anilines is 1. The predicted octanol–water partition coefficient (Wildman–Crippen LogP) is 2.77. The van der Waals surface area contributed by atoms with Crippen LogP contribution < -0.4 is 4.90 Å². The van der Waals surface area contributed by atoms with E-state index >= 15 is 0 Å². The Kier molecular flexibility index (Phi) is 7.37. The molecule has 0 bridgehead atoms. The van der Waals surface area contributed by atoms with Crippen molar-refractivity contribution in [3.63, 3.8) is 0 Å². The molecule has 0 spiro atoms. The summed E-state index contributed by atoms with van der Waals surface area (Å²) >= 11 is 0. The van der Waals surface area contributed by atoms with Crippen LogP contribution in [-0.4, -0.2) is 61.2 Å². The van der Waals surface area contributed by atoms with Crippen molar-refractivity contribution in [1.29, 1.82) is 0 Å². The zero-order valence-electron chi connectivity index (χ0n) is 17.8. The highest BCUT2D eigenvalue weighted by atomic mass is 19.1. The molecule has 0 saturated carbocycles. The fraction of sp³-hybridized carbons (Fsp3) is 0.364. The monoisotopic (exact) mass is 445 g/mol. The highest BCUT2D eigenvalue weighted by Crippen LogP contribution is 2.30. The van der Waals surface area contributed by atoms with E-state index in [9.17, 15) is 24.1 Å². The molecule has 0 radical (unpaired) electrons. The molecule has 1 saturated heterocycles. The minimum Gasteiger partial charge on any atom is -0.449 e. The third-order valence-electron chi connectivity index (χ3n) is 5.08.